The lowest BCUT2D eigenvalue weighted by Gasteiger charge is -2.40. The normalized spacial score (nSPS) is 48.3. The number of aliphatic hydroxyl groups excluding tert-OH is 6. The zero-order chi connectivity index (χ0) is 15.6. The van der Waals surface area contributed by atoms with Crippen LogP contribution in [0.1, 0.15) is 6.42 Å². The average molecular weight is 310 g/mol. The van der Waals surface area contributed by atoms with Gasteiger partial charge in [0.25, 0.3) is 0 Å². The highest BCUT2D eigenvalue weighted by atomic mass is 16.7. The minimum absolute atomic E-state index is 0.0239. The van der Waals surface area contributed by atoms with Crippen LogP contribution in [-0.4, -0.2) is 99.5 Å². The molecule has 2 heterocycles. The third-order valence-corrected chi connectivity index (χ3v) is 3.75. The fraction of sp³-hybridized carbons (Fsp3) is 1.00. The van der Waals surface area contributed by atoms with Crippen molar-refractivity contribution < 1.29 is 44.8 Å². The predicted molar refractivity (Wildman–Crippen MR) is 66.1 cm³/mol. The Labute approximate surface area is 121 Å². The molecule has 21 heavy (non-hydrogen) atoms. The van der Waals surface area contributed by atoms with Gasteiger partial charge in [0.15, 0.2) is 6.29 Å². The zero-order valence-corrected chi connectivity index (χ0v) is 11.4. The van der Waals surface area contributed by atoms with Gasteiger partial charge in [0.2, 0.25) is 0 Å². The molecule has 2 aliphatic rings. The van der Waals surface area contributed by atoms with Crippen molar-refractivity contribution in [1.82, 2.24) is 0 Å². The molecule has 9 nitrogen and oxygen atoms in total. The molecule has 0 saturated carbocycles. The molecule has 2 saturated heterocycles. The summed E-state index contributed by atoms with van der Waals surface area (Å²) in [6, 6.07) is 0. The largest absolute Gasteiger partial charge is 0.394 e. The molecular formula is C12H22O9. The standard InChI is InChI=1S/C12H22O9/c13-2-8-9(16)10(17)11(18)12(21-8)20-3-5-1-6(14)7(15)4-19-5/h5-18H,1-4H2. The first-order valence-electron chi connectivity index (χ1n) is 6.84. The molecule has 0 spiro atoms. The summed E-state index contributed by atoms with van der Waals surface area (Å²) in [7, 11) is 0. The second-order valence-corrected chi connectivity index (χ2v) is 5.36. The van der Waals surface area contributed by atoms with Crippen LogP contribution >= 0.6 is 0 Å². The van der Waals surface area contributed by atoms with Gasteiger partial charge in [0.05, 0.1) is 32.0 Å². The molecule has 9 heteroatoms. The van der Waals surface area contributed by atoms with E-state index in [0.717, 1.165) is 0 Å². The Hall–Kier alpha value is -0.360. The van der Waals surface area contributed by atoms with Gasteiger partial charge in [-0.15, -0.1) is 0 Å². The minimum Gasteiger partial charge on any atom is -0.394 e. The Kier molecular flexibility index (Phi) is 5.88. The van der Waals surface area contributed by atoms with Gasteiger partial charge in [-0.1, -0.05) is 0 Å². The summed E-state index contributed by atoms with van der Waals surface area (Å²) in [6.45, 7) is -0.591. The summed E-state index contributed by atoms with van der Waals surface area (Å²) < 4.78 is 15.7. The predicted octanol–water partition coefficient (Wildman–Crippen LogP) is -3.69. The molecule has 0 amide bonds. The van der Waals surface area contributed by atoms with E-state index in [1.807, 2.05) is 0 Å². The topological polar surface area (TPSA) is 149 Å². The van der Waals surface area contributed by atoms with Gasteiger partial charge < -0.3 is 44.8 Å². The van der Waals surface area contributed by atoms with Crippen molar-refractivity contribution >= 4 is 0 Å². The summed E-state index contributed by atoms with van der Waals surface area (Å²) in [5, 5.41) is 56.9. The van der Waals surface area contributed by atoms with E-state index in [4.69, 9.17) is 19.3 Å². The molecule has 0 aromatic rings. The lowest BCUT2D eigenvalue weighted by molar-refractivity contribution is -0.307. The maximum atomic E-state index is 9.77. The maximum Gasteiger partial charge on any atom is 0.186 e. The molecule has 2 rings (SSSR count). The van der Waals surface area contributed by atoms with Gasteiger partial charge in [-0.3, -0.25) is 0 Å². The number of aliphatic hydroxyl groups is 6. The fourth-order valence-corrected chi connectivity index (χ4v) is 2.36. The molecular weight excluding hydrogens is 288 g/mol. The van der Waals surface area contributed by atoms with Crippen LogP contribution < -0.4 is 0 Å². The zero-order valence-electron chi connectivity index (χ0n) is 11.4. The van der Waals surface area contributed by atoms with E-state index in [0.29, 0.717) is 0 Å². The molecule has 0 radical (unpaired) electrons. The highest BCUT2D eigenvalue weighted by molar-refractivity contribution is 4.89. The van der Waals surface area contributed by atoms with Crippen LogP contribution in [0.15, 0.2) is 0 Å². The van der Waals surface area contributed by atoms with E-state index in [2.05, 4.69) is 0 Å². The lowest BCUT2D eigenvalue weighted by Crippen LogP contribution is -2.59. The lowest BCUT2D eigenvalue weighted by atomic mass is 9.99. The van der Waals surface area contributed by atoms with Crippen LogP contribution in [0.25, 0.3) is 0 Å². The number of ether oxygens (including phenoxy) is 3. The molecule has 8 atom stereocenters. The SMILES string of the molecule is OCC1OC(OCC2CC(O)C(O)CO2)C(O)C(O)C1O. The second kappa shape index (κ2) is 7.27. The third kappa shape index (κ3) is 3.89. The first-order valence-corrected chi connectivity index (χ1v) is 6.84. The van der Waals surface area contributed by atoms with E-state index in [-0.39, 0.29) is 19.6 Å². The van der Waals surface area contributed by atoms with Crippen molar-refractivity contribution in [1.29, 1.82) is 0 Å². The molecule has 2 aliphatic heterocycles. The molecule has 8 unspecified atom stereocenters. The maximum absolute atomic E-state index is 9.77. The quantitative estimate of drug-likeness (QED) is 0.308. The smallest absolute Gasteiger partial charge is 0.186 e. The van der Waals surface area contributed by atoms with Crippen molar-refractivity contribution in [3.63, 3.8) is 0 Å². The van der Waals surface area contributed by atoms with Gasteiger partial charge in [-0.2, -0.15) is 0 Å². The van der Waals surface area contributed by atoms with Crippen LogP contribution in [0.3, 0.4) is 0 Å². The summed E-state index contributed by atoms with van der Waals surface area (Å²) in [5.74, 6) is 0. The highest BCUT2D eigenvalue weighted by Crippen LogP contribution is 2.23. The average Bonchev–Trinajstić information content (AvgIpc) is 2.47. The molecule has 0 aromatic carbocycles. The molecule has 0 bridgehead atoms. The van der Waals surface area contributed by atoms with E-state index in [1.165, 1.54) is 0 Å². The first kappa shape index (κ1) is 17.0. The van der Waals surface area contributed by atoms with Crippen LogP contribution in [0.2, 0.25) is 0 Å². The summed E-state index contributed by atoms with van der Waals surface area (Å²) in [5.41, 5.74) is 0. The van der Waals surface area contributed by atoms with Crippen LogP contribution in [0, 0.1) is 0 Å². The Morgan fingerprint density at radius 1 is 0.952 bits per heavy atom. The van der Waals surface area contributed by atoms with Crippen molar-refractivity contribution in [2.45, 2.75) is 55.4 Å². The van der Waals surface area contributed by atoms with Gasteiger partial charge in [0.1, 0.15) is 30.5 Å². The van der Waals surface area contributed by atoms with Crippen molar-refractivity contribution in [3.8, 4) is 0 Å². The van der Waals surface area contributed by atoms with Gasteiger partial charge in [-0.05, 0) is 0 Å². The number of hydrogen-bond acceptors (Lipinski definition) is 9. The van der Waals surface area contributed by atoms with Crippen molar-refractivity contribution in [2.24, 2.45) is 0 Å². The van der Waals surface area contributed by atoms with Crippen LogP contribution in [-0.2, 0) is 14.2 Å². The minimum atomic E-state index is -1.50. The third-order valence-electron chi connectivity index (χ3n) is 3.75. The Morgan fingerprint density at radius 2 is 1.67 bits per heavy atom. The summed E-state index contributed by atoms with van der Waals surface area (Å²) in [4.78, 5) is 0. The molecule has 2 fully saturated rings. The Morgan fingerprint density at radius 3 is 2.29 bits per heavy atom. The fourth-order valence-electron chi connectivity index (χ4n) is 2.36. The molecule has 6 N–H and O–H groups in total. The monoisotopic (exact) mass is 310 g/mol. The summed E-state index contributed by atoms with van der Waals surface area (Å²) in [6.07, 6.45) is -8.85. The number of rotatable bonds is 4. The van der Waals surface area contributed by atoms with Gasteiger partial charge in [-0.25, -0.2) is 0 Å². The van der Waals surface area contributed by atoms with Crippen molar-refractivity contribution in [3.05, 3.63) is 0 Å². The Bertz CT molecular complexity index is 326. The van der Waals surface area contributed by atoms with Crippen LogP contribution in [0.5, 0.6) is 0 Å². The van der Waals surface area contributed by atoms with Gasteiger partial charge >= 0.3 is 0 Å². The van der Waals surface area contributed by atoms with E-state index in [1.54, 1.807) is 0 Å². The molecule has 0 aliphatic carbocycles. The highest BCUT2D eigenvalue weighted by Gasteiger charge is 2.44. The van der Waals surface area contributed by atoms with Crippen molar-refractivity contribution in [2.75, 3.05) is 19.8 Å². The molecule has 124 valence electrons. The van der Waals surface area contributed by atoms with E-state index >= 15 is 0 Å². The molecule has 0 aromatic heterocycles. The van der Waals surface area contributed by atoms with E-state index in [9.17, 15) is 25.5 Å². The van der Waals surface area contributed by atoms with E-state index < -0.39 is 55.6 Å². The number of hydrogen-bond donors (Lipinski definition) is 6. The second-order valence-electron chi connectivity index (χ2n) is 5.36. The first-order chi connectivity index (χ1) is 9.93. The van der Waals surface area contributed by atoms with Crippen LogP contribution in [0.4, 0.5) is 0 Å². The van der Waals surface area contributed by atoms with Gasteiger partial charge in [0, 0.05) is 6.42 Å². The Balaban J connectivity index is 1.84. The summed E-state index contributed by atoms with van der Waals surface area (Å²) >= 11 is 0.